The van der Waals surface area contributed by atoms with Gasteiger partial charge in [0.15, 0.2) is 0 Å². The SMILES string of the molecule is Cc1cc(C)c(NC(=O)Cn2nnc(-c3ccc(N)cc3)n2)c(C)c1. The van der Waals surface area contributed by atoms with E-state index >= 15 is 0 Å². The Morgan fingerprint density at radius 1 is 1.12 bits per heavy atom. The van der Waals surface area contributed by atoms with Crippen LogP contribution in [0.5, 0.6) is 0 Å². The van der Waals surface area contributed by atoms with E-state index in [1.54, 1.807) is 12.1 Å². The average Bonchev–Trinajstić information content (AvgIpc) is 3.00. The number of nitrogen functional groups attached to an aromatic ring is 1. The number of nitrogens with two attached hydrogens (primary N) is 1. The van der Waals surface area contributed by atoms with Crippen LogP contribution >= 0.6 is 0 Å². The van der Waals surface area contributed by atoms with Gasteiger partial charge in [0.2, 0.25) is 11.7 Å². The molecule has 1 aromatic heterocycles. The van der Waals surface area contributed by atoms with E-state index in [1.165, 1.54) is 10.4 Å². The summed E-state index contributed by atoms with van der Waals surface area (Å²) in [6.45, 7) is 5.98. The summed E-state index contributed by atoms with van der Waals surface area (Å²) in [5.41, 5.74) is 11.2. The molecule has 7 heteroatoms. The number of carbonyl (C=O) groups excluding carboxylic acids is 1. The van der Waals surface area contributed by atoms with Crippen LogP contribution in [-0.2, 0) is 11.3 Å². The van der Waals surface area contributed by atoms with Crippen LogP contribution in [0, 0.1) is 20.8 Å². The number of aryl methyl sites for hydroxylation is 3. The normalized spacial score (nSPS) is 10.7. The molecule has 0 aliphatic heterocycles. The van der Waals surface area contributed by atoms with Gasteiger partial charge in [-0.05, 0) is 61.4 Å². The first-order valence-electron chi connectivity index (χ1n) is 7.94. The Morgan fingerprint density at radius 2 is 1.76 bits per heavy atom. The lowest BCUT2D eigenvalue weighted by molar-refractivity contribution is -0.117. The van der Waals surface area contributed by atoms with Crippen LogP contribution in [0.3, 0.4) is 0 Å². The van der Waals surface area contributed by atoms with Gasteiger partial charge in [0.25, 0.3) is 0 Å². The summed E-state index contributed by atoms with van der Waals surface area (Å²) in [5, 5.41) is 15.1. The van der Waals surface area contributed by atoms with Gasteiger partial charge in [-0.15, -0.1) is 10.2 Å². The molecule has 0 fully saturated rings. The second-order valence-electron chi connectivity index (χ2n) is 6.09. The van der Waals surface area contributed by atoms with E-state index in [2.05, 4.69) is 20.7 Å². The van der Waals surface area contributed by atoms with Crippen molar-refractivity contribution < 1.29 is 4.79 Å². The predicted molar refractivity (Wildman–Crippen MR) is 96.9 cm³/mol. The Balaban J connectivity index is 1.71. The molecule has 0 saturated heterocycles. The zero-order valence-corrected chi connectivity index (χ0v) is 14.4. The summed E-state index contributed by atoms with van der Waals surface area (Å²) in [6.07, 6.45) is 0. The van der Waals surface area contributed by atoms with Crippen molar-refractivity contribution in [2.24, 2.45) is 0 Å². The fourth-order valence-corrected chi connectivity index (χ4v) is 2.74. The van der Waals surface area contributed by atoms with Crippen molar-refractivity contribution in [1.82, 2.24) is 20.2 Å². The minimum atomic E-state index is -0.198. The van der Waals surface area contributed by atoms with Gasteiger partial charge in [-0.25, -0.2) is 0 Å². The van der Waals surface area contributed by atoms with Gasteiger partial charge in [0, 0.05) is 16.9 Å². The third-order valence-electron chi connectivity index (χ3n) is 3.85. The highest BCUT2D eigenvalue weighted by Gasteiger charge is 2.12. The number of tetrazole rings is 1. The molecule has 0 aliphatic rings. The zero-order chi connectivity index (χ0) is 18.0. The van der Waals surface area contributed by atoms with Crippen molar-refractivity contribution in [1.29, 1.82) is 0 Å². The van der Waals surface area contributed by atoms with Gasteiger partial charge < -0.3 is 11.1 Å². The molecular weight excluding hydrogens is 316 g/mol. The topological polar surface area (TPSA) is 98.7 Å². The number of hydrogen-bond acceptors (Lipinski definition) is 5. The van der Waals surface area contributed by atoms with Crippen molar-refractivity contribution in [2.45, 2.75) is 27.3 Å². The number of benzene rings is 2. The zero-order valence-electron chi connectivity index (χ0n) is 14.4. The third-order valence-corrected chi connectivity index (χ3v) is 3.85. The van der Waals surface area contributed by atoms with Crippen molar-refractivity contribution in [3.63, 3.8) is 0 Å². The molecule has 3 N–H and O–H groups in total. The molecule has 0 spiro atoms. The van der Waals surface area contributed by atoms with Crippen molar-refractivity contribution >= 4 is 17.3 Å². The fourth-order valence-electron chi connectivity index (χ4n) is 2.74. The van der Waals surface area contributed by atoms with Crippen molar-refractivity contribution in [3.8, 4) is 11.4 Å². The first kappa shape index (κ1) is 16.6. The standard InChI is InChI=1S/C18H20N6O/c1-11-8-12(2)17(13(3)9-11)20-16(25)10-24-22-18(21-23-24)14-4-6-15(19)7-5-14/h4-9H,10,19H2,1-3H3,(H,20,25). The summed E-state index contributed by atoms with van der Waals surface area (Å²) < 4.78 is 0. The lowest BCUT2D eigenvalue weighted by Crippen LogP contribution is -2.21. The van der Waals surface area contributed by atoms with Crippen LogP contribution in [0.15, 0.2) is 36.4 Å². The predicted octanol–water partition coefficient (Wildman–Crippen LogP) is 2.49. The smallest absolute Gasteiger partial charge is 0.248 e. The Hall–Kier alpha value is -3.22. The lowest BCUT2D eigenvalue weighted by Gasteiger charge is -2.12. The summed E-state index contributed by atoms with van der Waals surface area (Å²) in [4.78, 5) is 13.6. The van der Waals surface area contributed by atoms with Crippen LogP contribution in [0.2, 0.25) is 0 Å². The summed E-state index contributed by atoms with van der Waals surface area (Å²) in [5.74, 6) is 0.256. The highest BCUT2D eigenvalue weighted by molar-refractivity contribution is 5.92. The molecule has 7 nitrogen and oxygen atoms in total. The molecular formula is C18H20N6O. The molecule has 0 aliphatic carbocycles. The van der Waals surface area contributed by atoms with E-state index in [0.29, 0.717) is 11.5 Å². The molecule has 3 rings (SSSR count). The Labute approximate surface area is 145 Å². The number of nitrogens with zero attached hydrogens (tertiary/aromatic N) is 4. The number of hydrogen-bond donors (Lipinski definition) is 2. The Kier molecular flexibility index (Phi) is 4.47. The molecule has 2 aromatic carbocycles. The monoisotopic (exact) mass is 336 g/mol. The van der Waals surface area contributed by atoms with Gasteiger partial charge >= 0.3 is 0 Å². The number of anilines is 2. The van der Waals surface area contributed by atoms with Gasteiger partial charge in [0.1, 0.15) is 6.54 Å². The maximum atomic E-state index is 12.3. The second kappa shape index (κ2) is 6.72. The van der Waals surface area contributed by atoms with E-state index in [9.17, 15) is 4.79 Å². The van der Waals surface area contributed by atoms with Gasteiger partial charge in [-0.3, -0.25) is 4.79 Å². The van der Waals surface area contributed by atoms with Gasteiger partial charge in [0.05, 0.1) is 0 Å². The second-order valence-corrected chi connectivity index (χ2v) is 6.09. The van der Waals surface area contributed by atoms with E-state index in [0.717, 1.165) is 22.4 Å². The molecule has 0 atom stereocenters. The van der Waals surface area contributed by atoms with Crippen LogP contribution in [0.25, 0.3) is 11.4 Å². The number of rotatable bonds is 4. The molecule has 25 heavy (non-hydrogen) atoms. The fraction of sp³-hybridized carbons (Fsp3) is 0.222. The van der Waals surface area contributed by atoms with Crippen LogP contribution < -0.4 is 11.1 Å². The maximum absolute atomic E-state index is 12.3. The first-order valence-corrected chi connectivity index (χ1v) is 7.94. The number of carbonyl (C=O) groups is 1. The lowest BCUT2D eigenvalue weighted by atomic mass is 10.1. The van der Waals surface area contributed by atoms with E-state index in [4.69, 9.17) is 5.73 Å². The summed E-state index contributed by atoms with van der Waals surface area (Å²) >= 11 is 0. The van der Waals surface area contributed by atoms with Gasteiger partial charge in [-0.2, -0.15) is 4.80 Å². The van der Waals surface area contributed by atoms with Crippen molar-refractivity contribution in [2.75, 3.05) is 11.1 Å². The summed E-state index contributed by atoms with van der Waals surface area (Å²) in [6, 6.07) is 11.2. The molecule has 0 radical (unpaired) electrons. The minimum absolute atomic E-state index is 0.00523. The van der Waals surface area contributed by atoms with E-state index < -0.39 is 0 Å². The largest absolute Gasteiger partial charge is 0.399 e. The highest BCUT2D eigenvalue weighted by atomic mass is 16.2. The molecule has 0 unspecified atom stereocenters. The molecule has 0 bridgehead atoms. The number of amides is 1. The molecule has 0 saturated carbocycles. The van der Waals surface area contributed by atoms with Crippen LogP contribution in [0.4, 0.5) is 11.4 Å². The highest BCUT2D eigenvalue weighted by Crippen LogP contribution is 2.22. The average molecular weight is 336 g/mol. The van der Waals surface area contributed by atoms with Crippen LogP contribution in [-0.4, -0.2) is 26.1 Å². The van der Waals surface area contributed by atoms with E-state index in [-0.39, 0.29) is 12.5 Å². The molecule has 3 aromatic rings. The Bertz CT molecular complexity index is 891. The Morgan fingerprint density at radius 3 is 2.40 bits per heavy atom. The van der Waals surface area contributed by atoms with Gasteiger partial charge in [-0.1, -0.05) is 17.7 Å². The number of nitrogens with one attached hydrogen (secondary N) is 1. The van der Waals surface area contributed by atoms with Crippen LogP contribution in [0.1, 0.15) is 16.7 Å². The maximum Gasteiger partial charge on any atom is 0.248 e. The molecule has 1 amide bonds. The number of aromatic nitrogens is 4. The molecule has 1 heterocycles. The van der Waals surface area contributed by atoms with E-state index in [1.807, 2.05) is 45.0 Å². The minimum Gasteiger partial charge on any atom is -0.399 e. The summed E-state index contributed by atoms with van der Waals surface area (Å²) in [7, 11) is 0. The first-order chi connectivity index (χ1) is 11.9. The molecule has 128 valence electrons. The third kappa shape index (κ3) is 3.82. The van der Waals surface area contributed by atoms with Crippen molar-refractivity contribution in [3.05, 3.63) is 53.1 Å². The quantitative estimate of drug-likeness (QED) is 0.713.